The van der Waals surface area contributed by atoms with Crippen molar-refractivity contribution in [3.05, 3.63) is 29.5 Å². The molecule has 2 aromatic heterocycles. The fourth-order valence-corrected chi connectivity index (χ4v) is 4.12. The van der Waals surface area contributed by atoms with Crippen molar-refractivity contribution in [2.45, 2.75) is 32.6 Å². The van der Waals surface area contributed by atoms with Gasteiger partial charge in [0.15, 0.2) is 0 Å². The fourth-order valence-electron chi connectivity index (χ4n) is 3.21. The molecule has 1 N–H and O–H groups in total. The van der Waals surface area contributed by atoms with Crippen molar-refractivity contribution in [2.24, 2.45) is 0 Å². The van der Waals surface area contributed by atoms with Gasteiger partial charge in [-0.15, -0.1) is 0 Å². The quantitative estimate of drug-likeness (QED) is 0.920. The van der Waals surface area contributed by atoms with Crippen LogP contribution in [-0.2, 0) is 10.0 Å². The highest BCUT2D eigenvalue weighted by molar-refractivity contribution is 7.88. The van der Waals surface area contributed by atoms with E-state index in [4.69, 9.17) is 0 Å². The van der Waals surface area contributed by atoms with Gasteiger partial charge in [0.1, 0.15) is 0 Å². The predicted octanol–water partition coefficient (Wildman–Crippen LogP) is 1.62. The van der Waals surface area contributed by atoms with E-state index in [2.05, 4.69) is 20.2 Å². The molecule has 0 aliphatic carbocycles. The lowest BCUT2D eigenvalue weighted by molar-refractivity contribution is 0.314. The Kier molecular flexibility index (Phi) is 4.20. The third kappa shape index (κ3) is 3.13. The zero-order chi connectivity index (χ0) is 16.6. The van der Waals surface area contributed by atoms with E-state index in [1.54, 1.807) is 12.4 Å². The number of hydrogen-bond acceptors (Lipinski definition) is 5. The zero-order valence-corrected chi connectivity index (χ0v) is 14.4. The van der Waals surface area contributed by atoms with Crippen LogP contribution in [0.3, 0.4) is 0 Å². The van der Waals surface area contributed by atoms with Crippen LogP contribution in [-0.4, -0.2) is 52.2 Å². The second-order valence-electron chi connectivity index (χ2n) is 6.06. The number of nitrogens with zero attached hydrogens (tertiary/aromatic N) is 4. The van der Waals surface area contributed by atoms with Crippen molar-refractivity contribution in [1.82, 2.24) is 24.5 Å². The summed E-state index contributed by atoms with van der Waals surface area (Å²) in [6.07, 6.45) is 6.34. The molecular weight excluding hydrogens is 314 g/mol. The molecule has 1 atom stereocenters. The van der Waals surface area contributed by atoms with Gasteiger partial charge in [-0.3, -0.25) is 15.1 Å². The van der Waals surface area contributed by atoms with Crippen molar-refractivity contribution < 1.29 is 8.42 Å². The summed E-state index contributed by atoms with van der Waals surface area (Å²) in [5.41, 5.74) is 4.44. The molecule has 3 heterocycles. The Morgan fingerprint density at radius 3 is 2.65 bits per heavy atom. The first-order chi connectivity index (χ1) is 10.9. The Labute approximate surface area is 136 Å². The number of H-pyrrole nitrogens is 1. The molecule has 0 radical (unpaired) electrons. The molecule has 1 fully saturated rings. The molecule has 8 heteroatoms. The number of aromatic amines is 1. The van der Waals surface area contributed by atoms with Crippen LogP contribution < -0.4 is 0 Å². The maximum absolute atomic E-state index is 11.9. The number of nitrogens with one attached hydrogen (secondary N) is 1. The van der Waals surface area contributed by atoms with Gasteiger partial charge in [0.2, 0.25) is 10.0 Å². The van der Waals surface area contributed by atoms with Gasteiger partial charge in [-0.2, -0.15) is 5.10 Å². The standard InChI is InChI=1S/C15H21N5O2S/c1-10-13(11(2)19-18-10)15-14(16-6-7-17-15)12-5-4-8-20(9-12)23(3,21)22/h6-7,12H,4-5,8-9H2,1-3H3,(H,18,19)/t12-/m1/s1. The number of aromatic nitrogens is 4. The Morgan fingerprint density at radius 1 is 1.26 bits per heavy atom. The Bertz CT molecular complexity index is 796. The Hall–Kier alpha value is -1.80. The minimum absolute atomic E-state index is 0.0517. The Morgan fingerprint density at radius 2 is 2.00 bits per heavy atom. The van der Waals surface area contributed by atoms with E-state index in [0.29, 0.717) is 13.1 Å². The maximum Gasteiger partial charge on any atom is 0.211 e. The van der Waals surface area contributed by atoms with E-state index in [1.165, 1.54) is 10.6 Å². The molecule has 0 spiro atoms. The van der Waals surface area contributed by atoms with Gasteiger partial charge in [-0.25, -0.2) is 12.7 Å². The number of aryl methyl sites for hydroxylation is 2. The van der Waals surface area contributed by atoms with Gasteiger partial charge in [0, 0.05) is 42.7 Å². The maximum atomic E-state index is 11.9. The van der Waals surface area contributed by atoms with E-state index in [1.807, 2.05) is 13.8 Å². The molecule has 1 aliphatic rings. The first kappa shape index (κ1) is 16.1. The number of rotatable bonds is 3. The summed E-state index contributed by atoms with van der Waals surface area (Å²) < 4.78 is 25.3. The third-order valence-electron chi connectivity index (χ3n) is 4.33. The first-order valence-corrected chi connectivity index (χ1v) is 9.50. The van der Waals surface area contributed by atoms with Crippen LogP contribution in [0.15, 0.2) is 12.4 Å². The number of piperidine rings is 1. The zero-order valence-electron chi connectivity index (χ0n) is 13.6. The summed E-state index contributed by atoms with van der Waals surface area (Å²) in [5, 5.41) is 7.21. The van der Waals surface area contributed by atoms with Crippen molar-refractivity contribution in [2.75, 3.05) is 19.3 Å². The summed E-state index contributed by atoms with van der Waals surface area (Å²) in [5.74, 6) is 0.0517. The van der Waals surface area contributed by atoms with Gasteiger partial charge in [0.25, 0.3) is 0 Å². The van der Waals surface area contributed by atoms with Crippen LogP contribution in [0.25, 0.3) is 11.3 Å². The van der Waals surface area contributed by atoms with E-state index in [-0.39, 0.29) is 5.92 Å². The normalized spacial score (nSPS) is 19.9. The minimum Gasteiger partial charge on any atom is -0.282 e. The van der Waals surface area contributed by atoms with Crippen LogP contribution in [0.4, 0.5) is 0 Å². The smallest absolute Gasteiger partial charge is 0.211 e. The van der Waals surface area contributed by atoms with Gasteiger partial charge >= 0.3 is 0 Å². The topological polar surface area (TPSA) is 91.8 Å². The van der Waals surface area contributed by atoms with Crippen molar-refractivity contribution in [3.63, 3.8) is 0 Å². The van der Waals surface area contributed by atoms with E-state index in [9.17, 15) is 8.42 Å². The highest BCUT2D eigenvalue weighted by atomic mass is 32.2. The lowest BCUT2D eigenvalue weighted by atomic mass is 9.92. The molecule has 0 unspecified atom stereocenters. The van der Waals surface area contributed by atoms with Crippen LogP contribution in [0.5, 0.6) is 0 Å². The fraction of sp³-hybridized carbons (Fsp3) is 0.533. The number of hydrogen-bond donors (Lipinski definition) is 1. The summed E-state index contributed by atoms with van der Waals surface area (Å²) >= 11 is 0. The van der Waals surface area contributed by atoms with Crippen LogP contribution >= 0.6 is 0 Å². The van der Waals surface area contributed by atoms with Gasteiger partial charge in [0.05, 0.1) is 23.3 Å². The first-order valence-electron chi connectivity index (χ1n) is 7.66. The SMILES string of the molecule is Cc1n[nH]c(C)c1-c1nccnc1[C@@H]1CCCN(S(C)(=O)=O)C1. The molecule has 23 heavy (non-hydrogen) atoms. The van der Waals surface area contributed by atoms with Crippen LogP contribution in [0.1, 0.15) is 35.8 Å². The lowest BCUT2D eigenvalue weighted by Crippen LogP contribution is -2.38. The predicted molar refractivity (Wildman–Crippen MR) is 87.5 cm³/mol. The summed E-state index contributed by atoms with van der Waals surface area (Å²) in [7, 11) is -3.18. The van der Waals surface area contributed by atoms with Crippen LogP contribution in [0.2, 0.25) is 0 Å². The average Bonchev–Trinajstić information content (AvgIpc) is 2.85. The summed E-state index contributed by atoms with van der Waals surface area (Å²) in [4.78, 5) is 9.05. The molecule has 124 valence electrons. The molecular formula is C15H21N5O2S. The molecule has 0 amide bonds. The monoisotopic (exact) mass is 335 g/mol. The van der Waals surface area contributed by atoms with Gasteiger partial charge in [-0.1, -0.05) is 0 Å². The molecule has 2 aromatic rings. The lowest BCUT2D eigenvalue weighted by Gasteiger charge is -2.31. The second-order valence-corrected chi connectivity index (χ2v) is 8.04. The molecule has 0 bridgehead atoms. The highest BCUT2D eigenvalue weighted by Crippen LogP contribution is 2.34. The Balaban J connectivity index is 2.01. The van der Waals surface area contributed by atoms with Crippen LogP contribution in [0, 0.1) is 13.8 Å². The molecule has 0 aromatic carbocycles. The molecule has 0 saturated carbocycles. The highest BCUT2D eigenvalue weighted by Gasteiger charge is 2.30. The summed E-state index contributed by atoms with van der Waals surface area (Å²) in [6.45, 7) is 4.92. The molecule has 7 nitrogen and oxygen atoms in total. The van der Waals surface area contributed by atoms with Gasteiger partial charge in [-0.05, 0) is 26.7 Å². The molecule has 1 saturated heterocycles. The van der Waals surface area contributed by atoms with E-state index >= 15 is 0 Å². The largest absolute Gasteiger partial charge is 0.282 e. The minimum atomic E-state index is -3.18. The van der Waals surface area contributed by atoms with Crippen molar-refractivity contribution in [3.8, 4) is 11.3 Å². The number of sulfonamides is 1. The van der Waals surface area contributed by atoms with Crippen molar-refractivity contribution in [1.29, 1.82) is 0 Å². The van der Waals surface area contributed by atoms with E-state index < -0.39 is 10.0 Å². The second kappa shape index (κ2) is 6.01. The van der Waals surface area contributed by atoms with E-state index in [0.717, 1.165) is 41.2 Å². The summed E-state index contributed by atoms with van der Waals surface area (Å²) in [6, 6.07) is 0. The average molecular weight is 335 g/mol. The van der Waals surface area contributed by atoms with Gasteiger partial charge < -0.3 is 0 Å². The van der Waals surface area contributed by atoms with Crippen molar-refractivity contribution >= 4 is 10.0 Å². The molecule has 3 rings (SSSR count). The molecule has 1 aliphatic heterocycles. The third-order valence-corrected chi connectivity index (χ3v) is 5.60.